The lowest BCUT2D eigenvalue weighted by atomic mass is 9.98. The van der Waals surface area contributed by atoms with E-state index in [0.29, 0.717) is 15.8 Å². The van der Waals surface area contributed by atoms with E-state index in [4.69, 9.17) is 0 Å². The number of aryl methyl sites for hydroxylation is 2. The van der Waals surface area contributed by atoms with Crippen LogP contribution in [0.2, 0.25) is 0 Å². The number of carbonyl (C=O) groups is 1. The van der Waals surface area contributed by atoms with E-state index in [-0.39, 0.29) is 23.2 Å². The molecule has 0 aliphatic heterocycles. The van der Waals surface area contributed by atoms with Crippen molar-refractivity contribution in [1.29, 1.82) is 0 Å². The Morgan fingerprint density at radius 2 is 1.81 bits per heavy atom. The number of rotatable bonds is 9. The van der Waals surface area contributed by atoms with Gasteiger partial charge in [-0.15, -0.1) is 0 Å². The third kappa shape index (κ3) is 6.13. The summed E-state index contributed by atoms with van der Waals surface area (Å²) in [6, 6.07) is 7.95. The lowest BCUT2D eigenvalue weighted by Gasteiger charge is -2.23. The molecule has 0 spiro atoms. The van der Waals surface area contributed by atoms with E-state index in [1.165, 1.54) is 18.2 Å². The van der Waals surface area contributed by atoms with Crippen molar-refractivity contribution < 1.29 is 41.4 Å². The SMILES string of the molecule is Cc1cc(C(C)NC(O)c2c(Cc3cccc(C(F)(F)F)c3)nn(C)c2C(F)(F)CF)ccc1C(=O)O. The van der Waals surface area contributed by atoms with Crippen molar-refractivity contribution in [3.8, 4) is 0 Å². The van der Waals surface area contributed by atoms with Crippen LogP contribution in [0.4, 0.5) is 26.3 Å². The number of nitrogens with one attached hydrogen (secondary N) is 1. The van der Waals surface area contributed by atoms with Gasteiger partial charge in [-0.3, -0.25) is 10.00 Å². The molecule has 2 unspecified atom stereocenters. The maximum Gasteiger partial charge on any atom is 0.416 e. The Hall–Kier alpha value is -3.38. The molecule has 3 rings (SSSR count). The van der Waals surface area contributed by atoms with Gasteiger partial charge in [-0.1, -0.05) is 30.3 Å². The quantitative estimate of drug-likeness (QED) is 0.254. The number of hydrogen-bond donors (Lipinski definition) is 3. The first kappa shape index (κ1) is 28.2. The minimum atomic E-state index is -4.62. The van der Waals surface area contributed by atoms with Crippen molar-refractivity contribution >= 4 is 5.97 Å². The number of alkyl halides is 6. The van der Waals surface area contributed by atoms with Gasteiger partial charge >= 0.3 is 18.1 Å². The highest BCUT2D eigenvalue weighted by molar-refractivity contribution is 5.89. The van der Waals surface area contributed by atoms with Gasteiger partial charge in [0.1, 0.15) is 11.9 Å². The zero-order valence-electron chi connectivity index (χ0n) is 20.1. The summed E-state index contributed by atoms with van der Waals surface area (Å²) in [7, 11) is 1.13. The molecule has 200 valence electrons. The molecule has 2 aromatic carbocycles. The molecule has 0 radical (unpaired) electrons. The van der Waals surface area contributed by atoms with Gasteiger partial charge in [0.05, 0.1) is 16.8 Å². The monoisotopic (exact) mass is 529 g/mol. The fraction of sp³-hybridized carbons (Fsp3) is 0.360. The summed E-state index contributed by atoms with van der Waals surface area (Å²) in [5.41, 5.74) is -1.33. The normalized spacial score (nSPS) is 14.0. The number of carboxylic acid groups (broad SMARTS) is 1. The van der Waals surface area contributed by atoms with Crippen molar-refractivity contribution in [1.82, 2.24) is 15.1 Å². The van der Waals surface area contributed by atoms with E-state index in [9.17, 15) is 41.4 Å². The van der Waals surface area contributed by atoms with Gasteiger partial charge in [0.15, 0.2) is 6.67 Å². The van der Waals surface area contributed by atoms with Gasteiger partial charge in [0, 0.05) is 25.1 Å². The molecule has 3 N–H and O–H groups in total. The molecule has 12 heteroatoms. The molecular formula is C25H25F6N3O3. The number of aliphatic hydroxyl groups excluding tert-OH is 1. The number of carboxylic acids is 1. The van der Waals surface area contributed by atoms with Crippen molar-refractivity contribution in [2.75, 3.05) is 6.67 Å². The molecule has 0 bridgehead atoms. The van der Waals surface area contributed by atoms with Crippen LogP contribution in [0.25, 0.3) is 0 Å². The second-order valence-electron chi connectivity index (χ2n) is 8.72. The predicted molar refractivity (Wildman–Crippen MR) is 122 cm³/mol. The van der Waals surface area contributed by atoms with Crippen molar-refractivity contribution in [2.45, 2.75) is 44.6 Å². The molecule has 0 amide bonds. The molecule has 0 aliphatic carbocycles. The van der Waals surface area contributed by atoms with Gasteiger partial charge in [0.2, 0.25) is 0 Å². The minimum absolute atomic E-state index is 0.0667. The highest BCUT2D eigenvalue weighted by Gasteiger charge is 2.41. The maximum absolute atomic E-state index is 14.6. The summed E-state index contributed by atoms with van der Waals surface area (Å²) in [6.07, 6.45) is -6.77. The third-order valence-corrected chi connectivity index (χ3v) is 5.96. The molecule has 2 atom stereocenters. The molecule has 1 heterocycles. The molecule has 6 nitrogen and oxygen atoms in total. The van der Waals surface area contributed by atoms with Gasteiger partial charge in [0.25, 0.3) is 0 Å². The maximum atomic E-state index is 14.6. The Kier molecular flexibility index (Phi) is 8.03. The lowest BCUT2D eigenvalue weighted by molar-refractivity contribution is -0.137. The summed E-state index contributed by atoms with van der Waals surface area (Å²) >= 11 is 0. The Morgan fingerprint density at radius 3 is 2.38 bits per heavy atom. The first-order valence-electron chi connectivity index (χ1n) is 11.1. The van der Waals surface area contributed by atoms with Crippen LogP contribution in [0.3, 0.4) is 0 Å². The van der Waals surface area contributed by atoms with Gasteiger partial charge in [-0.05, 0) is 42.7 Å². The van der Waals surface area contributed by atoms with Crippen LogP contribution in [0.5, 0.6) is 0 Å². The topological polar surface area (TPSA) is 87.4 Å². The Balaban J connectivity index is 2.01. The van der Waals surface area contributed by atoms with E-state index in [1.807, 2.05) is 0 Å². The number of aromatic carboxylic acids is 1. The van der Waals surface area contributed by atoms with E-state index in [0.717, 1.165) is 25.2 Å². The molecule has 0 fully saturated rings. The van der Waals surface area contributed by atoms with Gasteiger partial charge in [-0.2, -0.15) is 27.1 Å². The van der Waals surface area contributed by atoms with Crippen LogP contribution in [0.1, 0.15) is 68.8 Å². The fourth-order valence-corrected chi connectivity index (χ4v) is 4.17. The summed E-state index contributed by atoms with van der Waals surface area (Å²) in [5, 5.41) is 26.9. The van der Waals surface area contributed by atoms with E-state index >= 15 is 0 Å². The van der Waals surface area contributed by atoms with Gasteiger partial charge in [-0.25, -0.2) is 9.18 Å². The summed E-state index contributed by atoms with van der Waals surface area (Å²) < 4.78 is 82.6. The minimum Gasteiger partial charge on any atom is -0.478 e. The van der Waals surface area contributed by atoms with Crippen LogP contribution in [-0.2, 0) is 25.6 Å². The number of benzene rings is 2. The first-order valence-corrected chi connectivity index (χ1v) is 11.1. The summed E-state index contributed by atoms with van der Waals surface area (Å²) in [4.78, 5) is 11.3. The number of halogens is 6. The van der Waals surface area contributed by atoms with Crippen LogP contribution in [0.15, 0.2) is 42.5 Å². The van der Waals surface area contributed by atoms with E-state index in [2.05, 4.69) is 10.4 Å². The summed E-state index contributed by atoms with van der Waals surface area (Å²) in [5.74, 6) is -5.16. The average Bonchev–Trinajstić information content (AvgIpc) is 3.14. The van der Waals surface area contributed by atoms with E-state index < -0.39 is 53.8 Å². The smallest absolute Gasteiger partial charge is 0.416 e. The molecular weight excluding hydrogens is 504 g/mol. The van der Waals surface area contributed by atoms with Crippen LogP contribution >= 0.6 is 0 Å². The standard InChI is InChI=1S/C25H25F6N3O3/c1-13-9-16(7-8-18(13)23(36)37)14(2)32-22(35)20-19(33-34(3)21(20)24(27,28)12-26)11-15-5-4-6-17(10-15)25(29,30)31/h4-10,14,22,32,35H,11-12H2,1-3H3,(H,36,37). The largest absolute Gasteiger partial charge is 0.478 e. The highest BCUT2D eigenvalue weighted by atomic mass is 19.4. The fourth-order valence-electron chi connectivity index (χ4n) is 4.17. The second kappa shape index (κ2) is 10.5. The number of aromatic nitrogens is 2. The Labute approximate surface area is 208 Å². The molecule has 3 aromatic rings. The number of aliphatic hydroxyl groups is 1. The molecule has 0 aliphatic rings. The lowest BCUT2D eigenvalue weighted by Crippen LogP contribution is -2.29. The zero-order chi connectivity index (χ0) is 27.7. The number of nitrogens with zero attached hydrogens (tertiary/aromatic N) is 2. The van der Waals surface area contributed by atoms with Crippen molar-refractivity contribution in [2.24, 2.45) is 7.05 Å². The highest BCUT2D eigenvalue weighted by Crippen LogP contribution is 2.37. The predicted octanol–water partition coefficient (Wildman–Crippen LogP) is 5.44. The van der Waals surface area contributed by atoms with Crippen LogP contribution in [0, 0.1) is 6.92 Å². The first-order chi connectivity index (χ1) is 17.2. The molecule has 1 aromatic heterocycles. The van der Waals surface area contributed by atoms with Crippen molar-refractivity contribution in [3.05, 3.63) is 87.2 Å². The summed E-state index contributed by atoms with van der Waals surface area (Å²) in [6.45, 7) is 1.08. The Morgan fingerprint density at radius 1 is 1.14 bits per heavy atom. The van der Waals surface area contributed by atoms with Gasteiger partial charge < -0.3 is 10.2 Å². The Bertz CT molecular complexity index is 1290. The van der Waals surface area contributed by atoms with Crippen molar-refractivity contribution in [3.63, 3.8) is 0 Å². The average molecular weight is 529 g/mol. The molecule has 0 saturated carbocycles. The third-order valence-electron chi connectivity index (χ3n) is 5.96. The number of hydrogen-bond acceptors (Lipinski definition) is 4. The zero-order valence-corrected chi connectivity index (χ0v) is 20.1. The van der Waals surface area contributed by atoms with Crippen LogP contribution < -0.4 is 5.32 Å². The molecule has 0 saturated heterocycles. The van der Waals surface area contributed by atoms with Crippen LogP contribution in [-0.4, -0.2) is 32.6 Å². The molecule has 37 heavy (non-hydrogen) atoms. The van der Waals surface area contributed by atoms with E-state index in [1.54, 1.807) is 19.9 Å². The second-order valence-corrected chi connectivity index (χ2v) is 8.72.